The van der Waals surface area contributed by atoms with Crippen molar-refractivity contribution in [3.8, 4) is 0 Å². The number of ether oxygens (including phenoxy) is 1. The zero-order chi connectivity index (χ0) is 15.8. The minimum absolute atomic E-state index is 0.110. The lowest BCUT2D eigenvalue weighted by Gasteiger charge is -2.35. The summed E-state index contributed by atoms with van der Waals surface area (Å²) in [6.07, 6.45) is 1.97. The maximum absolute atomic E-state index is 12.7. The first-order chi connectivity index (χ1) is 10.4. The maximum Gasteiger partial charge on any atom is 0.410 e. The second-order valence-electron chi connectivity index (χ2n) is 7.53. The van der Waals surface area contributed by atoms with E-state index in [0.717, 1.165) is 32.5 Å². The Balaban J connectivity index is 1.91. The third-order valence-electron chi connectivity index (χ3n) is 4.76. The number of hydrogen-bond acceptors (Lipinski definition) is 3. The van der Waals surface area contributed by atoms with Crippen molar-refractivity contribution in [2.75, 3.05) is 19.6 Å². The lowest BCUT2D eigenvalue weighted by molar-refractivity contribution is 0.0167. The van der Waals surface area contributed by atoms with E-state index in [4.69, 9.17) is 4.74 Å². The Kier molecular flexibility index (Phi) is 3.89. The molecule has 3 rings (SSSR count). The molecule has 0 aliphatic carbocycles. The zero-order valence-corrected chi connectivity index (χ0v) is 13.8. The molecule has 2 atom stereocenters. The number of benzene rings is 1. The van der Waals surface area contributed by atoms with E-state index in [9.17, 15) is 4.79 Å². The van der Waals surface area contributed by atoms with Crippen LogP contribution in [0.15, 0.2) is 30.3 Å². The Hall–Kier alpha value is -1.55. The van der Waals surface area contributed by atoms with Crippen molar-refractivity contribution in [3.63, 3.8) is 0 Å². The molecule has 4 heteroatoms. The second kappa shape index (κ2) is 5.58. The van der Waals surface area contributed by atoms with Crippen LogP contribution in [0.4, 0.5) is 4.79 Å². The standard InChI is InChI=1S/C18H26N2O2/c1-17(2,3)22-16(21)20-12-10-18(9-11-19-13-18)15(20)14-7-5-4-6-8-14/h4-8,15,19H,9-13H2,1-3H3. The maximum atomic E-state index is 12.7. The first kappa shape index (κ1) is 15.3. The van der Waals surface area contributed by atoms with Gasteiger partial charge in [0.1, 0.15) is 5.60 Å². The molecular formula is C18H26N2O2. The Labute approximate surface area is 132 Å². The number of hydrogen-bond donors (Lipinski definition) is 1. The van der Waals surface area contributed by atoms with Gasteiger partial charge < -0.3 is 15.0 Å². The monoisotopic (exact) mass is 302 g/mol. The van der Waals surface area contributed by atoms with Crippen LogP contribution < -0.4 is 5.32 Å². The molecule has 4 nitrogen and oxygen atoms in total. The average Bonchev–Trinajstić information content (AvgIpc) is 3.06. The van der Waals surface area contributed by atoms with Crippen LogP contribution in [-0.4, -0.2) is 36.2 Å². The van der Waals surface area contributed by atoms with Gasteiger partial charge in [-0.2, -0.15) is 0 Å². The molecular weight excluding hydrogens is 276 g/mol. The number of carbonyl (C=O) groups is 1. The number of nitrogens with one attached hydrogen (secondary N) is 1. The fourth-order valence-electron chi connectivity index (χ4n) is 3.84. The summed E-state index contributed by atoms with van der Waals surface area (Å²) < 4.78 is 5.64. The van der Waals surface area contributed by atoms with E-state index in [1.807, 2.05) is 31.7 Å². The predicted octanol–water partition coefficient (Wildman–Crippen LogP) is 3.35. The van der Waals surface area contributed by atoms with Gasteiger partial charge in [0.05, 0.1) is 6.04 Å². The summed E-state index contributed by atoms with van der Waals surface area (Å²) in [4.78, 5) is 14.6. The molecule has 1 aromatic carbocycles. The van der Waals surface area contributed by atoms with Crippen molar-refractivity contribution in [1.29, 1.82) is 0 Å². The van der Waals surface area contributed by atoms with Gasteiger partial charge in [-0.3, -0.25) is 0 Å². The number of amides is 1. The topological polar surface area (TPSA) is 41.6 Å². The zero-order valence-electron chi connectivity index (χ0n) is 13.8. The third-order valence-corrected chi connectivity index (χ3v) is 4.76. The molecule has 2 aliphatic rings. The van der Waals surface area contributed by atoms with Gasteiger partial charge in [0.25, 0.3) is 0 Å². The summed E-state index contributed by atoms with van der Waals surface area (Å²) in [5.74, 6) is 0. The van der Waals surface area contributed by atoms with Crippen LogP contribution in [-0.2, 0) is 4.74 Å². The molecule has 1 spiro atoms. The smallest absolute Gasteiger partial charge is 0.410 e. The van der Waals surface area contributed by atoms with E-state index in [1.54, 1.807) is 0 Å². The average molecular weight is 302 g/mol. The highest BCUT2D eigenvalue weighted by Crippen LogP contribution is 2.51. The normalized spacial score (nSPS) is 28.3. The van der Waals surface area contributed by atoms with Crippen molar-refractivity contribution >= 4 is 6.09 Å². The van der Waals surface area contributed by atoms with Crippen LogP contribution in [0.5, 0.6) is 0 Å². The van der Waals surface area contributed by atoms with Crippen LogP contribution >= 0.6 is 0 Å². The molecule has 2 unspecified atom stereocenters. The molecule has 2 heterocycles. The summed E-state index contributed by atoms with van der Waals surface area (Å²) >= 11 is 0. The lowest BCUT2D eigenvalue weighted by Crippen LogP contribution is -2.40. The number of nitrogens with zero attached hydrogens (tertiary/aromatic N) is 1. The largest absolute Gasteiger partial charge is 0.444 e. The minimum atomic E-state index is -0.456. The second-order valence-corrected chi connectivity index (χ2v) is 7.53. The molecule has 22 heavy (non-hydrogen) atoms. The van der Waals surface area contributed by atoms with Crippen molar-refractivity contribution in [2.45, 2.75) is 45.3 Å². The molecule has 0 aromatic heterocycles. The van der Waals surface area contributed by atoms with Crippen molar-refractivity contribution in [1.82, 2.24) is 10.2 Å². The lowest BCUT2D eigenvalue weighted by atomic mass is 9.76. The highest BCUT2D eigenvalue weighted by atomic mass is 16.6. The number of carbonyl (C=O) groups excluding carboxylic acids is 1. The Morgan fingerprint density at radius 3 is 2.59 bits per heavy atom. The van der Waals surface area contributed by atoms with E-state index in [-0.39, 0.29) is 17.6 Å². The molecule has 1 aromatic rings. The summed E-state index contributed by atoms with van der Waals surface area (Å²) in [6.45, 7) is 8.55. The van der Waals surface area contributed by atoms with Gasteiger partial charge >= 0.3 is 6.09 Å². The van der Waals surface area contributed by atoms with Gasteiger partial charge in [0.15, 0.2) is 0 Å². The first-order valence-corrected chi connectivity index (χ1v) is 8.17. The molecule has 2 fully saturated rings. The van der Waals surface area contributed by atoms with Gasteiger partial charge in [-0.25, -0.2) is 4.79 Å². The number of likely N-dealkylation sites (tertiary alicyclic amines) is 1. The van der Waals surface area contributed by atoms with Gasteiger partial charge in [0.2, 0.25) is 0 Å². The van der Waals surface area contributed by atoms with Crippen LogP contribution in [0, 0.1) is 5.41 Å². The Morgan fingerprint density at radius 1 is 1.27 bits per heavy atom. The minimum Gasteiger partial charge on any atom is -0.444 e. The van der Waals surface area contributed by atoms with Crippen molar-refractivity contribution in [2.24, 2.45) is 5.41 Å². The van der Waals surface area contributed by atoms with E-state index >= 15 is 0 Å². The molecule has 0 bridgehead atoms. The van der Waals surface area contributed by atoms with E-state index in [1.165, 1.54) is 5.56 Å². The quantitative estimate of drug-likeness (QED) is 0.865. The fourth-order valence-corrected chi connectivity index (χ4v) is 3.84. The molecule has 2 aliphatic heterocycles. The van der Waals surface area contributed by atoms with E-state index in [0.29, 0.717) is 0 Å². The SMILES string of the molecule is CC(C)(C)OC(=O)N1CCC2(CCNC2)C1c1ccccc1. The molecule has 0 radical (unpaired) electrons. The van der Waals surface area contributed by atoms with Crippen LogP contribution in [0.25, 0.3) is 0 Å². The predicted molar refractivity (Wildman–Crippen MR) is 86.7 cm³/mol. The van der Waals surface area contributed by atoms with E-state index in [2.05, 4.69) is 29.6 Å². The summed E-state index contributed by atoms with van der Waals surface area (Å²) in [6, 6.07) is 10.5. The summed E-state index contributed by atoms with van der Waals surface area (Å²) in [5.41, 5.74) is 0.912. The first-order valence-electron chi connectivity index (χ1n) is 8.17. The van der Waals surface area contributed by atoms with Crippen molar-refractivity contribution in [3.05, 3.63) is 35.9 Å². The Morgan fingerprint density at radius 2 is 2.00 bits per heavy atom. The number of rotatable bonds is 1. The Bertz CT molecular complexity index is 530. The third kappa shape index (κ3) is 2.84. The molecule has 0 saturated carbocycles. The van der Waals surface area contributed by atoms with Gasteiger partial charge in [-0.05, 0) is 45.7 Å². The van der Waals surface area contributed by atoms with Gasteiger partial charge in [0, 0.05) is 18.5 Å². The van der Waals surface area contributed by atoms with Crippen LogP contribution in [0.3, 0.4) is 0 Å². The summed E-state index contributed by atoms with van der Waals surface area (Å²) in [7, 11) is 0. The highest BCUT2D eigenvalue weighted by Gasteiger charge is 2.51. The van der Waals surface area contributed by atoms with Crippen LogP contribution in [0.2, 0.25) is 0 Å². The van der Waals surface area contributed by atoms with Gasteiger partial charge in [-0.15, -0.1) is 0 Å². The molecule has 1 N–H and O–H groups in total. The summed E-state index contributed by atoms with van der Waals surface area (Å²) in [5, 5.41) is 3.48. The van der Waals surface area contributed by atoms with E-state index < -0.39 is 5.60 Å². The van der Waals surface area contributed by atoms with Crippen molar-refractivity contribution < 1.29 is 9.53 Å². The fraction of sp³-hybridized carbons (Fsp3) is 0.611. The van der Waals surface area contributed by atoms with Crippen LogP contribution in [0.1, 0.15) is 45.2 Å². The molecule has 1 amide bonds. The molecule has 120 valence electrons. The van der Waals surface area contributed by atoms with Gasteiger partial charge in [-0.1, -0.05) is 30.3 Å². The highest BCUT2D eigenvalue weighted by molar-refractivity contribution is 5.69. The molecule has 2 saturated heterocycles.